The molecule has 1 saturated carbocycles. The summed E-state index contributed by atoms with van der Waals surface area (Å²) in [6, 6.07) is 3.68. The SMILES string of the molecule is Cc1cc(O)cc2c1O[C@](C)(CCC[C@H](C)CCC[C@H](C)CCCC(C)C)CC2.O=C(O)CC1(CC(=O)O)CCCC1. The largest absolute Gasteiger partial charge is 0.508 e. The van der Waals surface area contributed by atoms with Crippen molar-refractivity contribution in [3.05, 3.63) is 23.3 Å². The Kier molecular flexibility index (Phi) is 14.7. The first-order valence-corrected chi connectivity index (χ1v) is 16.7. The van der Waals surface area contributed by atoms with Gasteiger partial charge in [-0.15, -0.1) is 0 Å². The van der Waals surface area contributed by atoms with E-state index in [9.17, 15) is 14.7 Å². The van der Waals surface area contributed by atoms with Crippen molar-refractivity contribution in [2.75, 3.05) is 0 Å². The van der Waals surface area contributed by atoms with Gasteiger partial charge in [-0.1, -0.05) is 85.5 Å². The fraction of sp³-hybridized carbons (Fsp3) is 0.778. The Morgan fingerprint density at radius 1 is 0.833 bits per heavy atom. The van der Waals surface area contributed by atoms with Crippen molar-refractivity contribution in [2.45, 2.75) is 156 Å². The van der Waals surface area contributed by atoms with Gasteiger partial charge in [0.1, 0.15) is 17.1 Å². The monoisotopic (exact) mass is 588 g/mol. The van der Waals surface area contributed by atoms with Crippen molar-refractivity contribution in [1.82, 2.24) is 0 Å². The molecule has 1 aliphatic heterocycles. The van der Waals surface area contributed by atoms with Crippen molar-refractivity contribution in [3.63, 3.8) is 0 Å². The number of aryl methyl sites for hydroxylation is 2. The summed E-state index contributed by atoms with van der Waals surface area (Å²) in [4.78, 5) is 21.1. The molecular formula is C36H60O6. The number of aromatic hydroxyl groups is 1. The molecule has 0 radical (unpaired) electrons. The van der Waals surface area contributed by atoms with E-state index in [1.807, 2.05) is 19.1 Å². The van der Waals surface area contributed by atoms with E-state index in [2.05, 4.69) is 34.6 Å². The Labute approximate surface area is 255 Å². The average molecular weight is 589 g/mol. The van der Waals surface area contributed by atoms with Crippen molar-refractivity contribution in [2.24, 2.45) is 23.2 Å². The topological polar surface area (TPSA) is 104 Å². The molecule has 1 fully saturated rings. The minimum atomic E-state index is -0.886. The summed E-state index contributed by atoms with van der Waals surface area (Å²) in [6.07, 6.45) is 17.5. The number of carboxylic acid groups (broad SMARTS) is 2. The molecule has 0 amide bonds. The second-order valence-corrected chi connectivity index (χ2v) is 14.5. The molecule has 3 atom stereocenters. The highest BCUT2D eigenvalue weighted by atomic mass is 16.5. The third-order valence-corrected chi connectivity index (χ3v) is 9.60. The van der Waals surface area contributed by atoms with Crippen LogP contribution in [0.3, 0.4) is 0 Å². The molecule has 6 nitrogen and oxygen atoms in total. The quantitative estimate of drug-likeness (QED) is 0.178. The number of fused-ring (bicyclic) bond motifs is 1. The Morgan fingerprint density at radius 3 is 1.88 bits per heavy atom. The van der Waals surface area contributed by atoms with Gasteiger partial charge in [-0.05, 0) is 98.8 Å². The standard InChI is InChI=1S/C27H46O2.C9H14O4/c1-20(2)10-7-11-21(3)12-8-13-22(4)14-9-16-27(6)17-15-24-19-25(28)18-23(5)26(24)29-27;10-7(11)5-9(6-8(12)13)3-1-2-4-9/h18-22,28H,7-17H2,1-6H3;1-6H2,(H,10,11)(H,12,13)/t21-,22-,27-;/m1./s1. The number of hydrogen-bond donors (Lipinski definition) is 3. The summed E-state index contributed by atoms with van der Waals surface area (Å²) in [6.45, 7) is 13.8. The van der Waals surface area contributed by atoms with Gasteiger partial charge in [0.05, 0.1) is 12.8 Å². The summed E-state index contributed by atoms with van der Waals surface area (Å²) in [5.41, 5.74) is 1.70. The van der Waals surface area contributed by atoms with Crippen LogP contribution in [0.4, 0.5) is 0 Å². The predicted octanol–water partition coefficient (Wildman–Crippen LogP) is 9.72. The number of benzene rings is 1. The van der Waals surface area contributed by atoms with E-state index in [0.717, 1.165) is 79.6 Å². The molecule has 0 saturated heterocycles. The Balaban J connectivity index is 0.000000395. The molecule has 6 heteroatoms. The number of phenols is 1. The van der Waals surface area contributed by atoms with E-state index >= 15 is 0 Å². The van der Waals surface area contributed by atoms with E-state index in [1.54, 1.807) is 0 Å². The van der Waals surface area contributed by atoms with E-state index in [4.69, 9.17) is 14.9 Å². The highest BCUT2D eigenvalue weighted by molar-refractivity contribution is 5.72. The van der Waals surface area contributed by atoms with Gasteiger partial charge in [0.2, 0.25) is 0 Å². The maximum Gasteiger partial charge on any atom is 0.303 e. The molecule has 2 aliphatic rings. The molecule has 1 aliphatic carbocycles. The Bertz CT molecular complexity index is 961. The van der Waals surface area contributed by atoms with Crippen LogP contribution in [0.2, 0.25) is 0 Å². The van der Waals surface area contributed by atoms with Crippen LogP contribution in [0.1, 0.15) is 148 Å². The van der Waals surface area contributed by atoms with Crippen LogP contribution in [-0.2, 0) is 16.0 Å². The summed E-state index contributed by atoms with van der Waals surface area (Å²) in [5, 5.41) is 27.1. The first kappa shape index (κ1) is 36.0. The minimum absolute atomic E-state index is 0.000694. The molecule has 0 unspecified atom stereocenters. The molecule has 240 valence electrons. The van der Waals surface area contributed by atoms with Crippen molar-refractivity contribution < 1.29 is 29.6 Å². The van der Waals surface area contributed by atoms with Crippen LogP contribution < -0.4 is 4.74 Å². The van der Waals surface area contributed by atoms with Crippen LogP contribution in [0.25, 0.3) is 0 Å². The molecule has 42 heavy (non-hydrogen) atoms. The zero-order valence-electron chi connectivity index (χ0n) is 27.5. The fourth-order valence-corrected chi connectivity index (χ4v) is 7.02. The third-order valence-electron chi connectivity index (χ3n) is 9.60. The summed E-state index contributed by atoms with van der Waals surface area (Å²) < 4.78 is 6.44. The van der Waals surface area contributed by atoms with Gasteiger partial charge in [-0.2, -0.15) is 0 Å². The van der Waals surface area contributed by atoms with Crippen molar-refractivity contribution in [3.8, 4) is 11.5 Å². The van der Waals surface area contributed by atoms with Crippen LogP contribution >= 0.6 is 0 Å². The van der Waals surface area contributed by atoms with Gasteiger partial charge >= 0.3 is 11.9 Å². The van der Waals surface area contributed by atoms with Crippen LogP contribution in [-0.4, -0.2) is 32.9 Å². The number of carboxylic acids is 2. The highest BCUT2D eigenvalue weighted by Crippen LogP contribution is 2.44. The van der Waals surface area contributed by atoms with Crippen molar-refractivity contribution in [1.29, 1.82) is 0 Å². The lowest BCUT2D eigenvalue weighted by atomic mass is 9.79. The minimum Gasteiger partial charge on any atom is -0.508 e. The number of hydrogen-bond acceptors (Lipinski definition) is 4. The molecule has 0 spiro atoms. The lowest BCUT2D eigenvalue weighted by Crippen LogP contribution is -2.36. The van der Waals surface area contributed by atoms with Gasteiger partial charge in [0.15, 0.2) is 0 Å². The molecule has 1 aromatic rings. The van der Waals surface area contributed by atoms with Gasteiger partial charge in [0.25, 0.3) is 0 Å². The maximum atomic E-state index is 10.5. The van der Waals surface area contributed by atoms with Crippen molar-refractivity contribution >= 4 is 11.9 Å². The number of rotatable bonds is 16. The lowest BCUT2D eigenvalue weighted by molar-refractivity contribution is -0.143. The lowest BCUT2D eigenvalue weighted by Gasteiger charge is -2.37. The summed E-state index contributed by atoms with van der Waals surface area (Å²) >= 11 is 0. The van der Waals surface area contributed by atoms with E-state index in [-0.39, 0.29) is 18.4 Å². The van der Waals surface area contributed by atoms with E-state index in [1.165, 1.54) is 51.4 Å². The molecule has 1 aromatic carbocycles. The Morgan fingerprint density at radius 2 is 1.36 bits per heavy atom. The van der Waals surface area contributed by atoms with Gasteiger partial charge in [-0.25, -0.2) is 0 Å². The van der Waals surface area contributed by atoms with Gasteiger partial charge < -0.3 is 20.1 Å². The zero-order valence-corrected chi connectivity index (χ0v) is 27.5. The summed E-state index contributed by atoms with van der Waals surface area (Å²) in [7, 11) is 0. The predicted molar refractivity (Wildman–Crippen MR) is 170 cm³/mol. The number of aliphatic carboxylic acids is 2. The second-order valence-electron chi connectivity index (χ2n) is 14.5. The number of ether oxygens (including phenoxy) is 1. The normalized spacial score (nSPS) is 20.6. The fourth-order valence-electron chi connectivity index (χ4n) is 7.02. The molecular weight excluding hydrogens is 528 g/mol. The first-order chi connectivity index (χ1) is 19.7. The second kappa shape index (κ2) is 17.2. The maximum absolute atomic E-state index is 10.5. The molecule has 1 heterocycles. The van der Waals surface area contributed by atoms with Gasteiger partial charge in [0, 0.05) is 0 Å². The molecule has 3 rings (SSSR count). The van der Waals surface area contributed by atoms with E-state index < -0.39 is 17.4 Å². The number of phenolic OH excluding ortho intramolecular Hbond substituents is 1. The molecule has 0 aromatic heterocycles. The average Bonchev–Trinajstić information content (AvgIpc) is 3.31. The smallest absolute Gasteiger partial charge is 0.303 e. The zero-order chi connectivity index (χ0) is 31.3. The molecule has 0 bridgehead atoms. The van der Waals surface area contributed by atoms with E-state index in [0.29, 0.717) is 5.75 Å². The highest BCUT2D eigenvalue weighted by Gasteiger charge is 2.38. The number of carbonyl (C=O) groups is 2. The van der Waals surface area contributed by atoms with Crippen LogP contribution in [0.5, 0.6) is 11.5 Å². The summed E-state index contributed by atoms with van der Waals surface area (Å²) in [5.74, 6) is 2.15. The van der Waals surface area contributed by atoms with Gasteiger partial charge in [-0.3, -0.25) is 9.59 Å². The Hall–Kier alpha value is -2.24. The first-order valence-electron chi connectivity index (χ1n) is 16.7. The van der Waals surface area contributed by atoms with Crippen LogP contribution in [0.15, 0.2) is 12.1 Å². The van der Waals surface area contributed by atoms with Crippen LogP contribution in [0, 0.1) is 30.1 Å². The molecule has 3 N–H and O–H groups in total. The third kappa shape index (κ3) is 13.0.